The van der Waals surface area contributed by atoms with Crippen LogP contribution in [0, 0.1) is 5.92 Å². The van der Waals surface area contributed by atoms with E-state index in [1.165, 1.54) is 30.4 Å². The van der Waals surface area contributed by atoms with Gasteiger partial charge in [-0.15, -0.1) is 0 Å². The van der Waals surface area contributed by atoms with Crippen molar-refractivity contribution in [2.75, 3.05) is 13.1 Å². The third-order valence-electron chi connectivity index (χ3n) is 5.48. The van der Waals surface area contributed by atoms with Crippen molar-refractivity contribution in [3.8, 4) is 0 Å². The molecular weight excluding hydrogens is 314 g/mol. The molecule has 25 heavy (non-hydrogen) atoms. The number of aryl methyl sites for hydroxylation is 1. The van der Waals surface area contributed by atoms with Gasteiger partial charge in [-0.05, 0) is 62.7 Å². The Labute approximate surface area is 151 Å². The minimum atomic E-state index is -0.658. The van der Waals surface area contributed by atoms with Gasteiger partial charge in [0.05, 0.1) is 11.5 Å². The summed E-state index contributed by atoms with van der Waals surface area (Å²) in [5.41, 5.74) is 2.20. The lowest BCUT2D eigenvalue weighted by Gasteiger charge is -2.32. The number of carboxylic acids is 1. The van der Waals surface area contributed by atoms with Crippen LogP contribution in [-0.2, 0) is 17.6 Å². The molecule has 0 spiro atoms. The number of hydrogen-bond acceptors (Lipinski definition) is 3. The highest BCUT2D eigenvalue weighted by atomic mass is 16.4. The molecule has 1 aromatic rings. The minimum Gasteiger partial charge on any atom is -0.481 e. The van der Waals surface area contributed by atoms with Crippen LogP contribution in [0.5, 0.6) is 0 Å². The molecule has 0 aromatic heterocycles. The van der Waals surface area contributed by atoms with Crippen LogP contribution in [0.2, 0.25) is 0 Å². The van der Waals surface area contributed by atoms with Crippen molar-refractivity contribution in [2.24, 2.45) is 5.92 Å². The van der Waals surface area contributed by atoms with Gasteiger partial charge in [0, 0.05) is 0 Å². The van der Waals surface area contributed by atoms with Gasteiger partial charge in [-0.2, -0.15) is 0 Å². The van der Waals surface area contributed by atoms with E-state index in [2.05, 4.69) is 18.3 Å². The lowest BCUT2D eigenvalue weighted by molar-refractivity contribution is -0.142. The van der Waals surface area contributed by atoms with Crippen LogP contribution in [0.1, 0.15) is 63.0 Å². The molecule has 1 aliphatic heterocycles. The molecule has 0 bridgehead atoms. The minimum absolute atomic E-state index is 0.171. The molecule has 1 aromatic carbocycles. The predicted molar refractivity (Wildman–Crippen MR) is 101 cm³/mol. The molecule has 0 radical (unpaired) electrons. The summed E-state index contributed by atoms with van der Waals surface area (Å²) in [4.78, 5) is 10.8. The second kappa shape index (κ2) is 9.93. The fourth-order valence-electron chi connectivity index (χ4n) is 3.75. The van der Waals surface area contributed by atoms with Crippen molar-refractivity contribution in [1.29, 1.82) is 0 Å². The maximum atomic E-state index is 10.8. The van der Waals surface area contributed by atoms with Gasteiger partial charge in [0.15, 0.2) is 0 Å². The maximum absolute atomic E-state index is 10.8. The summed E-state index contributed by atoms with van der Waals surface area (Å²) >= 11 is 0. The van der Waals surface area contributed by atoms with Gasteiger partial charge in [-0.1, -0.05) is 50.5 Å². The fraction of sp³-hybridized carbons (Fsp3) is 0.667. The number of carbonyl (C=O) groups is 1. The van der Waals surface area contributed by atoms with Gasteiger partial charge >= 0.3 is 5.97 Å². The van der Waals surface area contributed by atoms with Crippen LogP contribution in [0.4, 0.5) is 0 Å². The van der Waals surface area contributed by atoms with E-state index < -0.39 is 5.97 Å². The number of carboxylic acid groups (broad SMARTS) is 1. The van der Waals surface area contributed by atoms with E-state index >= 15 is 0 Å². The van der Waals surface area contributed by atoms with Crippen molar-refractivity contribution in [3.63, 3.8) is 0 Å². The molecule has 1 atom stereocenters. The molecule has 1 aliphatic carbocycles. The monoisotopic (exact) mass is 347 g/mol. The van der Waals surface area contributed by atoms with Crippen LogP contribution in [0.3, 0.4) is 0 Å². The van der Waals surface area contributed by atoms with Crippen molar-refractivity contribution < 1.29 is 15.0 Å². The van der Waals surface area contributed by atoms with Crippen LogP contribution >= 0.6 is 0 Å². The Bertz CT molecular complexity index is 538. The number of hydrogen-bond donors (Lipinski definition) is 3. The Morgan fingerprint density at radius 1 is 1.20 bits per heavy atom. The Morgan fingerprint density at radius 3 is 2.52 bits per heavy atom. The number of aliphatic hydroxyl groups is 1. The molecule has 2 aliphatic rings. The molecule has 3 rings (SSSR count). The number of benzene rings is 1. The van der Waals surface area contributed by atoms with Crippen molar-refractivity contribution in [1.82, 2.24) is 5.32 Å². The van der Waals surface area contributed by atoms with Gasteiger partial charge in [-0.25, -0.2) is 0 Å². The summed E-state index contributed by atoms with van der Waals surface area (Å²) in [5, 5.41) is 22.2. The second-order valence-corrected chi connectivity index (χ2v) is 7.48. The fourth-order valence-corrected chi connectivity index (χ4v) is 3.75. The van der Waals surface area contributed by atoms with E-state index in [9.17, 15) is 9.90 Å². The number of piperidine rings is 1. The Kier molecular flexibility index (Phi) is 7.91. The first-order valence-electron chi connectivity index (χ1n) is 9.77. The largest absolute Gasteiger partial charge is 0.481 e. The van der Waals surface area contributed by atoms with E-state index in [-0.39, 0.29) is 11.5 Å². The number of nitrogens with one attached hydrogen (secondary N) is 1. The molecular formula is C21H33NO3. The first-order valence-corrected chi connectivity index (χ1v) is 9.77. The quantitative estimate of drug-likeness (QED) is 0.712. The maximum Gasteiger partial charge on any atom is 0.306 e. The van der Waals surface area contributed by atoms with Gasteiger partial charge in [0.25, 0.3) is 0 Å². The summed E-state index contributed by atoms with van der Waals surface area (Å²) in [6.45, 7) is 4.18. The van der Waals surface area contributed by atoms with E-state index in [1.54, 1.807) is 0 Å². The normalized spacial score (nSPS) is 21.6. The van der Waals surface area contributed by atoms with Crippen molar-refractivity contribution in [3.05, 3.63) is 35.4 Å². The molecule has 4 heteroatoms. The lowest BCUT2D eigenvalue weighted by atomic mass is 9.84. The highest BCUT2D eigenvalue weighted by Gasteiger charge is 2.27. The third-order valence-corrected chi connectivity index (χ3v) is 5.48. The average Bonchev–Trinajstić information content (AvgIpc) is 2.62. The molecule has 140 valence electrons. The van der Waals surface area contributed by atoms with E-state index in [0.29, 0.717) is 6.42 Å². The van der Waals surface area contributed by atoms with Gasteiger partial charge in [0.2, 0.25) is 0 Å². The number of aliphatic carboxylic acids is 1. The smallest absolute Gasteiger partial charge is 0.306 e. The first-order chi connectivity index (χ1) is 12.0. The number of fused-ring (bicyclic) bond motifs is 1. The highest BCUT2D eigenvalue weighted by Crippen LogP contribution is 2.25. The molecule has 1 saturated heterocycles. The van der Waals surface area contributed by atoms with Crippen LogP contribution < -0.4 is 5.32 Å². The third kappa shape index (κ3) is 6.44. The topological polar surface area (TPSA) is 69.6 Å². The summed E-state index contributed by atoms with van der Waals surface area (Å²) in [6, 6.07) is 8.11. The number of unbranched alkanes of at least 4 members (excludes halogenated alkanes) is 2. The van der Waals surface area contributed by atoms with E-state index in [0.717, 1.165) is 45.2 Å². The number of rotatable bonds is 5. The first kappa shape index (κ1) is 19.9. The van der Waals surface area contributed by atoms with E-state index in [1.807, 2.05) is 18.2 Å². The van der Waals surface area contributed by atoms with Gasteiger partial charge in [-0.3, -0.25) is 4.79 Å². The van der Waals surface area contributed by atoms with Gasteiger partial charge < -0.3 is 15.5 Å². The predicted octanol–water partition coefficient (Wildman–Crippen LogP) is 3.56. The Balaban J connectivity index is 0.000000181. The van der Waals surface area contributed by atoms with Crippen LogP contribution in [0.25, 0.3) is 0 Å². The standard InChI is InChI=1S/C11H12O2.C10H21NO/c12-11(13)10-6-5-8-3-1-2-4-9(8)7-10;1-2-3-4-5-10(12)6-8-11-9-7-10/h1-4,10H,5-7H2,(H,12,13);11-12H,2-9H2,1H3. The molecule has 0 saturated carbocycles. The van der Waals surface area contributed by atoms with Crippen LogP contribution in [-0.4, -0.2) is 34.9 Å². The van der Waals surface area contributed by atoms with Crippen molar-refractivity contribution in [2.45, 2.75) is 70.3 Å². The molecule has 1 unspecified atom stereocenters. The molecule has 1 heterocycles. The Hall–Kier alpha value is -1.39. The van der Waals surface area contributed by atoms with Crippen LogP contribution in [0.15, 0.2) is 24.3 Å². The zero-order valence-electron chi connectivity index (χ0n) is 15.5. The average molecular weight is 347 g/mol. The zero-order chi connectivity index (χ0) is 18.1. The van der Waals surface area contributed by atoms with Gasteiger partial charge in [0.1, 0.15) is 0 Å². The SMILES string of the molecule is CCCCCC1(O)CCNCC1.O=C(O)C1CCc2ccccc2C1. The zero-order valence-corrected chi connectivity index (χ0v) is 15.5. The molecule has 0 amide bonds. The van der Waals surface area contributed by atoms with E-state index in [4.69, 9.17) is 5.11 Å². The summed E-state index contributed by atoms with van der Waals surface area (Å²) in [7, 11) is 0. The molecule has 1 fully saturated rings. The lowest BCUT2D eigenvalue weighted by Crippen LogP contribution is -2.41. The summed E-state index contributed by atoms with van der Waals surface area (Å²) in [5.74, 6) is -0.829. The Morgan fingerprint density at radius 2 is 1.88 bits per heavy atom. The van der Waals surface area contributed by atoms with Crippen molar-refractivity contribution >= 4 is 5.97 Å². The second-order valence-electron chi connectivity index (χ2n) is 7.48. The molecule has 3 N–H and O–H groups in total. The summed E-state index contributed by atoms with van der Waals surface area (Å²) < 4.78 is 0. The highest BCUT2D eigenvalue weighted by molar-refractivity contribution is 5.71. The molecule has 4 nitrogen and oxygen atoms in total. The summed E-state index contributed by atoms with van der Waals surface area (Å²) in [6.07, 6.45) is 8.97.